The number of hydrogen-bond acceptors (Lipinski definition) is 4. The van der Waals surface area contributed by atoms with Crippen LogP contribution < -0.4 is 5.32 Å². The Hall–Kier alpha value is -0.910. The zero-order valence-electron chi connectivity index (χ0n) is 8.90. The molecule has 0 saturated carbocycles. The number of hydrogen-bond donors (Lipinski definition) is 2. The van der Waals surface area contributed by atoms with Gasteiger partial charge in [0.25, 0.3) is 5.91 Å². The highest BCUT2D eigenvalue weighted by Gasteiger charge is 2.12. The molecule has 0 aliphatic rings. The molecule has 2 aromatic rings. The molecule has 2 heterocycles. The van der Waals surface area contributed by atoms with Gasteiger partial charge < -0.3 is 10.4 Å². The molecule has 0 bridgehead atoms. The van der Waals surface area contributed by atoms with Crippen molar-refractivity contribution in [3.8, 4) is 0 Å². The van der Waals surface area contributed by atoms with E-state index in [-0.39, 0.29) is 18.6 Å². The second-order valence-corrected chi connectivity index (χ2v) is 5.68. The van der Waals surface area contributed by atoms with Crippen molar-refractivity contribution >= 4 is 38.0 Å². The van der Waals surface area contributed by atoms with Crippen molar-refractivity contribution in [1.82, 2.24) is 5.32 Å². The van der Waals surface area contributed by atoms with E-state index in [0.717, 1.165) is 14.3 Å². The van der Waals surface area contributed by atoms with Gasteiger partial charge in [-0.25, -0.2) is 0 Å². The molecular formula is C11H13NO2S2. The standard InChI is InChI=1S/C11H13NO2S2/c1-7(2-4-13)12-11(14)10-6-9-8(16-10)3-5-15-9/h3,5-7,13H,2,4H2,1H3,(H,12,14). The van der Waals surface area contributed by atoms with Crippen LogP contribution in [0.1, 0.15) is 23.0 Å². The van der Waals surface area contributed by atoms with Gasteiger partial charge >= 0.3 is 0 Å². The molecule has 16 heavy (non-hydrogen) atoms. The molecule has 0 aliphatic heterocycles. The Kier molecular flexibility index (Phi) is 3.58. The van der Waals surface area contributed by atoms with E-state index in [2.05, 4.69) is 5.32 Å². The van der Waals surface area contributed by atoms with E-state index in [1.807, 2.05) is 24.4 Å². The van der Waals surface area contributed by atoms with E-state index in [4.69, 9.17) is 5.11 Å². The van der Waals surface area contributed by atoms with Crippen LogP contribution in [0, 0.1) is 0 Å². The maximum atomic E-state index is 11.8. The van der Waals surface area contributed by atoms with Gasteiger partial charge in [-0.15, -0.1) is 22.7 Å². The molecule has 2 rings (SSSR count). The maximum Gasteiger partial charge on any atom is 0.261 e. The molecule has 1 unspecified atom stereocenters. The average molecular weight is 255 g/mol. The minimum absolute atomic E-state index is 0.0117. The Morgan fingerprint density at radius 1 is 1.56 bits per heavy atom. The van der Waals surface area contributed by atoms with Crippen LogP contribution in [0.5, 0.6) is 0 Å². The van der Waals surface area contributed by atoms with Crippen LogP contribution in [0.4, 0.5) is 0 Å². The highest BCUT2D eigenvalue weighted by Crippen LogP contribution is 2.29. The van der Waals surface area contributed by atoms with Gasteiger partial charge in [-0.1, -0.05) is 0 Å². The molecule has 0 aromatic carbocycles. The molecule has 0 aliphatic carbocycles. The van der Waals surface area contributed by atoms with Gasteiger partial charge in [-0.2, -0.15) is 0 Å². The van der Waals surface area contributed by atoms with Gasteiger partial charge in [0.2, 0.25) is 0 Å². The number of thiophene rings is 2. The summed E-state index contributed by atoms with van der Waals surface area (Å²) < 4.78 is 2.31. The van der Waals surface area contributed by atoms with Crippen molar-refractivity contribution in [1.29, 1.82) is 0 Å². The average Bonchev–Trinajstić information content (AvgIpc) is 2.76. The third-order valence-corrected chi connectivity index (χ3v) is 4.39. The Morgan fingerprint density at radius 3 is 3.06 bits per heavy atom. The summed E-state index contributed by atoms with van der Waals surface area (Å²) in [4.78, 5) is 12.6. The Labute approximate surface area is 102 Å². The first-order chi connectivity index (χ1) is 7.70. The van der Waals surface area contributed by atoms with Gasteiger partial charge in [0.15, 0.2) is 0 Å². The van der Waals surface area contributed by atoms with Crippen molar-refractivity contribution in [2.24, 2.45) is 0 Å². The third kappa shape index (κ3) is 2.42. The summed E-state index contributed by atoms with van der Waals surface area (Å²) in [5.41, 5.74) is 0. The number of rotatable bonds is 4. The van der Waals surface area contributed by atoms with Crippen LogP contribution in [0.25, 0.3) is 9.40 Å². The number of nitrogens with one attached hydrogen (secondary N) is 1. The molecule has 86 valence electrons. The third-order valence-electron chi connectivity index (χ3n) is 2.30. The van der Waals surface area contributed by atoms with Crippen molar-refractivity contribution in [2.45, 2.75) is 19.4 Å². The lowest BCUT2D eigenvalue weighted by Crippen LogP contribution is -2.32. The van der Waals surface area contributed by atoms with Crippen LogP contribution in [0.2, 0.25) is 0 Å². The van der Waals surface area contributed by atoms with Gasteiger partial charge in [0.1, 0.15) is 0 Å². The van der Waals surface area contributed by atoms with Crippen molar-refractivity contribution in [3.63, 3.8) is 0 Å². The predicted octanol–water partition coefficient (Wildman–Crippen LogP) is 2.46. The van der Waals surface area contributed by atoms with E-state index in [1.165, 1.54) is 11.3 Å². The summed E-state index contributed by atoms with van der Waals surface area (Å²) in [5, 5.41) is 13.6. The van der Waals surface area contributed by atoms with Crippen LogP contribution in [-0.2, 0) is 0 Å². The van der Waals surface area contributed by atoms with E-state index in [0.29, 0.717) is 6.42 Å². The van der Waals surface area contributed by atoms with Crippen LogP contribution in [-0.4, -0.2) is 23.7 Å². The van der Waals surface area contributed by atoms with Crippen LogP contribution in [0.15, 0.2) is 17.5 Å². The molecule has 1 amide bonds. The Bertz CT molecular complexity index is 460. The largest absolute Gasteiger partial charge is 0.396 e. The van der Waals surface area contributed by atoms with E-state index in [1.54, 1.807) is 11.3 Å². The number of amides is 1. The Morgan fingerprint density at radius 2 is 2.38 bits per heavy atom. The fourth-order valence-corrected chi connectivity index (χ4v) is 3.45. The lowest BCUT2D eigenvalue weighted by Gasteiger charge is -2.10. The second kappa shape index (κ2) is 4.95. The van der Waals surface area contributed by atoms with Gasteiger partial charge in [-0.3, -0.25) is 4.79 Å². The molecule has 0 spiro atoms. The zero-order chi connectivity index (χ0) is 11.5. The quantitative estimate of drug-likeness (QED) is 0.881. The lowest BCUT2D eigenvalue weighted by molar-refractivity contribution is 0.0938. The molecule has 3 nitrogen and oxygen atoms in total. The number of aliphatic hydroxyl groups excluding tert-OH is 1. The van der Waals surface area contributed by atoms with Gasteiger partial charge in [0.05, 0.1) is 4.88 Å². The molecule has 0 fully saturated rings. The van der Waals surface area contributed by atoms with E-state index < -0.39 is 0 Å². The van der Waals surface area contributed by atoms with Crippen molar-refractivity contribution in [3.05, 3.63) is 22.4 Å². The van der Waals surface area contributed by atoms with Crippen molar-refractivity contribution < 1.29 is 9.90 Å². The predicted molar refractivity (Wildman–Crippen MR) is 68.3 cm³/mol. The topological polar surface area (TPSA) is 49.3 Å². The first-order valence-corrected chi connectivity index (χ1v) is 6.79. The molecular weight excluding hydrogens is 242 g/mol. The Balaban J connectivity index is 2.07. The monoisotopic (exact) mass is 255 g/mol. The van der Waals surface area contributed by atoms with Crippen LogP contribution in [0.3, 0.4) is 0 Å². The summed E-state index contributed by atoms with van der Waals surface area (Å²) in [6.45, 7) is 1.99. The SMILES string of the molecule is CC(CCO)NC(=O)c1cc2sccc2s1. The summed E-state index contributed by atoms with van der Waals surface area (Å²) in [5.74, 6) is -0.0469. The van der Waals surface area contributed by atoms with Gasteiger partial charge in [-0.05, 0) is 30.9 Å². The molecule has 5 heteroatoms. The highest BCUT2D eigenvalue weighted by atomic mass is 32.1. The first kappa shape index (κ1) is 11.6. The molecule has 0 radical (unpaired) electrons. The first-order valence-electron chi connectivity index (χ1n) is 5.09. The summed E-state index contributed by atoms with van der Waals surface area (Å²) in [6, 6.07) is 3.96. The lowest BCUT2D eigenvalue weighted by atomic mass is 10.2. The fraction of sp³-hybridized carbons (Fsp3) is 0.364. The molecule has 1 atom stereocenters. The van der Waals surface area contributed by atoms with Crippen molar-refractivity contribution in [2.75, 3.05) is 6.61 Å². The van der Waals surface area contributed by atoms with Crippen LogP contribution >= 0.6 is 22.7 Å². The highest BCUT2D eigenvalue weighted by molar-refractivity contribution is 7.27. The minimum atomic E-state index is -0.0469. The molecule has 0 saturated heterocycles. The smallest absolute Gasteiger partial charge is 0.261 e. The minimum Gasteiger partial charge on any atom is -0.396 e. The van der Waals surface area contributed by atoms with E-state index in [9.17, 15) is 4.79 Å². The van der Waals surface area contributed by atoms with E-state index >= 15 is 0 Å². The number of fused-ring (bicyclic) bond motifs is 1. The number of carbonyl (C=O) groups is 1. The zero-order valence-corrected chi connectivity index (χ0v) is 10.5. The number of carbonyl (C=O) groups excluding carboxylic acids is 1. The second-order valence-electron chi connectivity index (χ2n) is 3.65. The molecule has 2 aromatic heterocycles. The maximum absolute atomic E-state index is 11.8. The molecule has 2 N–H and O–H groups in total. The summed E-state index contributed by atoms with van der Waals surface area (Å²) in [6.07, 6.45) is 0.589. The van der Waals surface area contributed by atoms with Gasteiger partial charge in [0, 0.05) is 22.0 Å². The normalized spacial score (nSPS) is 12.9. The summed E-state index contributed by atoms with van der Waals surface area (Å²) >= 11 is 3.15. The summed E-state index contributed by atoms with van der Waals surface area (Å²) in [7, 11) is 0. The fourth-order valence-electron chi connectivity index (χ4n) is 1.44. The number of aliphatic hydroxyl groups is 1.